The maximum absolute atomic E-state index is 13.0. The van der Waals surface area contributed by atoms with Gasteiger partial charge < -0.3 is 19.1 Å². The van der Waals surface area contributed by atoms with Crippen molar-refractivity contribution in [3.63, 3.8) is 0 Å². The second-order valence-corrected chi connectivity index (χ2v) is 7.09. The molecule has 0 saturated carbocycles. The van der Waals surface area contributed by atoms with Crippen LogP contribution in [0.3, 0.4) is 0 Å². The molecule has 1 aliphatic carbocycles. The second kappa shape index (κ2) is 9.08. The third-order valence-corrected chi connectivity index (χ3v) is 5.43. The van der Waals surface area contributed by atoms with Gasteiger partial charge in [0.2, 0.25) is 0 Å². The summed E-state index contributed by atoms with van der Waals surface area (Å²) in [5, 5.41) is 11.3. The molecule has 1 aromatic rings. The van der Waals surface area contributed by atoms with Crippen LogP contribution in [0.2, 0.25) is 0 Å². The first-order chi connectivity index (χ1) is 14.4. The number of esters is 2. The van der Waals surface area contributed by atoms with Gasteiger partial charge in [-0.15, -0.1) is 0 Å². The quantitative estimate of drug-likeness (QED) is 0.408. The van der Waals surface area contributed by atoms with Crippen LogP contribution in [0.25, 0.3) is 0 Å². The van der Waals surface area contributed by atoms with E-state index in [1.807, 2.05) is 4.90 Å². The minimum Gasteiger partial charge on any atom is -0.468 e. The van der Waals surface area contributed by atoms with Crippen molar-refractivity contribution in [3.05, 3.63) is 62.9 Å². The summed E-state index contributed by atoms with van der Waals surface area (Å²) >= 11 is 0. The van der Waals surface area contributed by atoms with Crippen LogP contribution in [0.4, 0.5) is 5.69 Å². The summed E-state index contributed by atoms with van der Waals surface area (Å²) in [5.74, 6) is -2.76. The van der Waals surface area contributed by atoms with Crippen molar-refractivity contribution in [3.8, 4) is 0 Å². The lowest BCUT2D eigenvalue weighted by atomic mass is 9.73. The molecule has 0 N–H and O–H groups in total. The SMILES string of the molecule is COC(=O)C1=C(C)C=C(N2CCOCC2)C(C(=O)OC)C1c1cccc([N+](=O)[O-])c1. The van der Waals surface area contributed by atoms with Crippen LogP contribution in [-0.2, 0) is 23.8 Å². The Morgan fingerprint density at radius 3 is 2.50 bits per heavy atom. The minimum atomic E-state index is -0.854. The van der Waals surface area contributed by atoms with Gasteiger partial charge in [-0.3, -0.25) is 14.9 Å². The van der Waals surface area contributed by atoms with Gasteiger partial charge in [-0.05, 0) is 24.1 Å². The maximum atomic E-state index is 13.0. The molecule has 2 aliphatic rings. The molecule has 1 saturated heterocycles. The number of methoxy groups -OCH3 is 2. The zero-order valence-corrected chi connectivity index (χ0v) is 17.1. The minimum absolute atomic E-state index is 0.125. The van der Waals surface area contributed by atoms with Gasteiger partial charge in [0.1, 0.15) is 5.92 Å². The molecule has 1 fully saturated rings. The number of benzene rings is 1. The summed E-state index contributed by atoms with van der Waals surface area (Å²) in [6.45, 7) is 3.97. The Hall–Kier alpha value is -3.20. The Morgan fingerprint density at radius 1 is 1.20 bits per heavy atom. The van der Waals surface area contributed by atoms with Gasteiger partial charge in [-0.2, -0.15) is 0 Å². The van der Waals surface area contributed by atoms with Crippen LogP contribution in [0.5, 0.6) is 0 Å². The summed E-state index contributed by atoms with van der Waals surface area (Å²) in [4.78, 5) is 38.5. The molecule has 1 aromatic carbocycles. The largest absolute Gasteiger partial charge is 0.468 e. The molecular weight excluding hydrogens is 392 g/mol. The number of allylic oxidation sites excluding steroid dienone is 2. The first-order valence-corrected chi connectivity index (χ1v) is 9.54. The molecule has 0 bridgehead atoms. The lowest BCUT2D eigenvalue weighted by Crippen LogP contribution is -2.43. The Kier molecular flexibility index (Phi) is 6.51. The zero-order chi connectivity index (χ0) is 21.8. The van der Waals surface area contributed by atoms with Crippen molar-refractivity contribution in [2.24, 2.45) is 5.92 Å². The van der Waals surface area contributed by atoms with Crippen LogP contribution >= 0.6 is 0 Å². The van der Waals surface area contributed by atoms with Crippen molar-refractivity contribution < 1.29 is 28.7 Å². The molecule has 3 rings (SSSR count). The van der Waals surface area contributed by atoms with E-state index in [0.29, 0.717) is 43.1 Å². The predicted octanol–water partition coefficient (Wildman–Crippen LogP) is 2.19. The highest BCUT2D eigenvalue weighted by Crippen LogP contribution is 2.44. The Labute approximate surface area is 174 Å². The van der Waals surface area contributed by atoms with E-state index in [1.54, 1.807) is 25.1 Å². The molecule has 30 heavy (non-hydrogen) atoms. The highest BCUT2D eigenvalue weighted by atomic mass is 16.6. The third kappa shape index (κ3) is 4.06. The van der Waals surface area contributed by atoms with E-state index in [9.17, 15) is 19.7 Å². The van der Waals surface area contributed by atoms with Gasteiger partial charge in [0.25, 0.3) is 5.69 Å². The van der Waals surface area contributed by atoms with Crippen molar-refractivity contribution >= 4 is 17.6 Å². The van der Waals surface area contributed by atoms with E-state index in [4.69, 9.17) is 14.2 Å². The molecule has 9 heteroatoms. The fourth-order valence-corrected chi connectivity index (χ4v) is 4.05. The number of carbonyl (C=O) groups excluding carboxylic acids is 2. The highest BCUT2D eigenvalue weighted by molar-refractivity contribution is 5.95. The monoisotopic (exact) mass is 416 g/mol. The summed E-state index contributed by atoms with van der Waals surface area (Å²) in [6.07, 6.45) is 1.80. The first-order valence-electron chi connectivity index (χ1n) is 9.54. The summed E-state index contributed by atoms with van der Waals surface area (Å²) in [6, 6.07) is 5.97. The van der Waals surface area contributed by atoms with Gasteiger partial charge in [0.05, 0.1) is 32.4 Å². The Bertz CT molecular complexity index is 916. The van der Waals surface area contributed by atoms with E-state index in [0.717, 1.165) is 0 Å². The van der Waals surface area contributed by atoms with Gasteiger partial charge in [0.15, 0.2) is 0 Å². The molecule has 2 unspecified atom stereocenters. The number of nitro groups is 1. The van der Waals surface area contributed by atoms with Crippen LogP contribution in [0.15, 0.2) is 47.2 Å². The smallest absolute Gasteiger partial charge is 0.334 e. The van der Waals surface area contributed by atoms with Gasteiger partial charge >= 0.3 is 11.9 Å². The summed E-state index contributed by atoms with van der Waals surface area (Å²) < 4.78 is 15.5. The molecule has 1 heterocycles. The van der Waals surface area contributed by atoms with Gasteiger partial charge in [-0.1, -0.05) is 12.1 Å². The lowest BCUT2D eigenvalue weighted by molar-refractivity contribution is -0.384. The fourth-order valence-electron chi connectivity index (χ4n) is 4.05. The first kappa shape index (κ1) is 21.5. The number of nitrogens with zero attached hydrogens (tertiary/aromatic N) is 2. The maximum Gasteiger partial charge on any atom is 0.334 e. The molecule has 160 valence electrons. The van der Waals surface area contributed by atoms with Crippen LogP contribution in [0, 0.1) is 16.0 Å². The number of nitro benzene ring substituents is 1. The molecule has 1 aliphatic heterocycles. The lowest BCUT2D eigenvalue weighted by Gasteiger charge is -2.40. The number of non-ortho nitro benzene ring substituents is 1. The van der Waals surface area contributed by atoms with Crippen LogP contribution in [-0.4, -0.2) is 62.3 Å². The third-order valence-electron chi connectivity index (χ3n) is 5.43. The number of ether oxygens (including phenoxy) is 3. The van der Waals surface area contributed by atoms with E-state index in [2.05, 4.69) is 0 Å². The molecule has 0 radical (unpaired) electrons. The molecule has 0 spiro atoms. The standard InChI is InChI=1S/C21H24N2O7/c1-13-11-16(22-7-9-30-10-8-22)19(21(25)29-3)18(17(13)20(24)28-2)14-5-4-6-15(12-14)23(26)27/h4-6,11-12,18-19H,7-10H2,1-3H3. The number of morpholine rings is 1. The summed E-state index contributed by atoms with van der Waals surface area (Å²) in [7, 11) is 2.55. The van der Waals surface area contributed by atoms with E-state index in [1.165, 1.54) is 26.4 Å². The van der Waals surface area contributed by atoms with Crippen LogP contribution in [0.1, 0.15) is 18.4 Å². The Balaban J connectivity index is 2.21. The molecule has 9 nitrogen and oxygen atoms in total. The van der Waals surface area contributed by atoms with Crippen molar-refractivity contribution in [1.82, 2.24) is 4.90 Å². The van der Waals surface area contributed by atoms with Gasteiger partial charge in [0, 0.05) is 42.4 Å². The van der Waals surface area contributed by atoms with Gasteiger partial charge in [-0.25, -0.2) is 4.79 Å². The van der Waals surface area contributed by atoms with E-state index >= 15 is 0 Å². The average molecular weight is 416 g/mol. The van der Waals surface area contributed by atoms with Crippen LogP contribution < -0.4 is 0 Å². The average Bonchev–Trinajstić information content (AvgIpc) is 2.77. The van der Waals surface area contributed by atoms with E-state index in [-0.39, 0.29) is 11.3 Å². The van der Waals surface area contributed by atoms with Crippen molar-refractivity contribution in [2.75, 3.05) is 40.5 Å². The number of hydrogen-bond donors (Lipinski definition) is 0. The number of carbonyl (C=O) groups is 2. The second-order valence-electron chi connectivity index (χ2n) is 7.09. The molecule has 2 atom stereocenters. The Morgan fingerprint density at radius 2 is 1.90 bits per heavy atom. The summed E-state index contributed by atoms with van der Waals surface area (Å²) in [5.41, 5.74) is 1.97. The zero-order valence-electron chi connectivity index (χ0n) is 17.1. The number of hydrogen-bond acceptors (Lipinski definition) is 8. The topological polar surface area (TPSA) is 108 Å². The van der Waals surface area contributed by atoms with E-state index < -0.39 is 28.7 Å². The van der Waals surface area contributed by atoms with Crippen molar-refractivity contribution in [1.29, 1.82) is 0 Å². The molecule has 0 amide bonds. The molecule has 0 aromatic heterocycles. The van der Waals surface area contributed by atoms with Crippen molar-refractivity contribution in [2.45, 2.75) is 12.8 Å². The predicted molar refractivity (Wildman–Crippen MR) is 107 cm³/mol. The fraction of sp³-hybridized carbons (Fsp3) is 0.429. The normalized spacial score (nSPS) is 21.7. The highest BCUT2D eigenvalue weighted by Gasteiger charge is 2.44. The molecular formula is C21H24N2O7. The number of rotatable bonds is 5.